The number of rotatable bonds is 9. The maximum Gasteiger partial charge on any atom is 0.272 e. The van der Waals surface area contributed by atoms with E-state index in [-0.39, 0.29) is 12.2 Å². The van der Waals surface area contributed by atoms with Crippen molar-refractivity contribution in [1.82, 2.24) is 25.4 Å². The number of fused-ring (bicyclic) bond motifs is 1. The Labute approximate surface area is 227 Å². The lowest BCUT2D eigenvalue weighted by molar-refractivity contribution is -0.117. The lowest BCUT2D eigenvalue weighted by atomic mass is 9.97. The Balaban J connectivity index is 1.43. The maximum absolute atomic E-state index is 12.7. The molecule has 1 fully saturated rings. The first-order valence-electron chi connectivity index (χ1n) is 13.1. The predicted molar refractivity (Wildman–Crippen MR) is 151 cm³/mol. The van der Waals surface area contributed by atoms with Crippen LogP contribution in [0.3, 0.4) is 0 Å². The molecule has 0 unspecified atom stereocenters. The average Bonchev–Trinajstić information content (AvgIpc) is 3.25. The quantitative estimate of drug-likeness (QED) is 0.304. The van der Waals surface area contributed by atoms with E-state index in [1.165, 1.54) is 0 Å². The van der Waals surface area contributed by atoms with Gasteiger partial charge in [-0.25, -0.2) is 4.98 Å². The number of aryl methyl sites for hydroxylation is 1. The van der Waals surface area contributed by atoms with E-state index in [0.717, 1.165) is 70.9 Å². The van der Waals surface area contributed by atoms with Gasteiger partial charge in [0.15, 0.2) is 5.69 Å². The van der Waals surface area contributed by atoms with E-state index in [9.17, 15) is 9.59 Å². The highest BCUT2D eigenvalue weighted by Crippen LogP contribution is 2.38. The van der Waals surface area contributed by atoms with E-state index in [0.29, 0.717) is 13.0 Å². The normalized spacial score (nSPS) is 13.4. The first-order chi connectivity index (χ1) is 18.9. The molecule has 1 saturated heterocycles. The molecule has 0 saturated carbocycles. The van der Waals surface area contributed by atoms with Crippen molar-refractivity contribution in [1.29, 1.82) is 0 Å². The number of nitrogens with one attached hydrogen (secondary N) is 2. The number of hydrogen-bond acceptors (Lipinski definition) is 7. The number of amides is 2. The van der Waals surface area contributed by atoms with Crippen molar-refractivity contribution in [3.63, 3.8) is 0 Å². The van der Waals surface area contributed by atoms with Crippen LogP contribution in [0.4, 0.5) is 5.82 Å². The van der Waals surface area contributed by atoms with Crippen LogP contribution in [0, 0.1) is 6.92 Å². The van der Waals surface area contributed by atoms with Crippen molar-refractivity contribution in [2.24, 2.45) is 12.8 Å². The third kappa shape index (κ3) is 5.70. The van der Waals surface area contributed by atoms with Gasteiger partial charge in [0, 0.05) is 62.7 Å². The Hall–Kier alpha value is -4.44. The lowest BCUT2D eigenvalue weighted by Gasteiger charge is -2.28. The number of benzene rings is 2. The van der Waals surface area contributed by atoms with Gasteiger partial charge in [0.25, 0.3) is 5.91 Å². The topological polar surface area (TPSA) is 127 Å². The van der Waals surface area contributed by atoms with Gasteiger partial charge in [0.05, 0.1) is 13.2 Å². The molecular formula is C29H33N7O3. The van der Waals surface area contributed by atoms with Gasteiger partial charge in [-0.2, -0.15) is 5.10 Å². The summed E-state index contributed by atoms with van der Waals surface area (Å²) in [7, 11) is 1.78. The molecule has 2 aromatic heterocycles. The summed E-state index contributed by atoms with van der Waals surface area (Å²) in [6.07, 6.45) is 2.32. The fourth-order valence-corrected chi connectivity index (χ4v) is 4.96. The maximum atomic E-state index is 12.7. The van der Waals surface area contributed by atoms with Crippen LogP contribution in [0.25, 0.3) is 21.9 Å². The second-order valence-electron chi connectivity index (χ2n) is 9.58. The van der Waals surface area contributed by atoms with Gasteiger partial charge < -0.3 is 26.0 Å². The largest absolute Gasteiger partial charge is 0.493 e. The summed E-state index contributed by atoms with van der Waals surface area (Å²) < 4.78 is 8.06. The van der Waals surface area contributed by atoms with Crippen LogP contribution in [0.1, 0.15) is 21.7 Å². The Morgan fingerprint density at radius 1 is 1.13 bits per heavy atom. The highest BCUT2D eigenvalue weighted by Gasteiger charge is 2.21. The molecule has 39 heavy (non-hydrogen) atoms. The minimum atomic E-state index is -0.610. The van der Waals surface area contributed by atoms with E-state index in [2.05, 4.69) is 49.9 Å². The van der Waals surface area contributed by atoms with Crippen molar-refractivity contribution < 1.29 is 14.3 Å². The SMILES string of the molecule is Cc1c(CCOc2ccc3ccccc3c2-c2ccnc(N3CCNCC3)c2)c(C(=O)NCC(N)=O)nn1C. The Morgan fingerprint density at radius 3 is 2.72 bits per heavy atom. The van der Waals surface area contributed by atoms with E-state index in [4.69, 9.17) is 10.5 Å². The molecule has 2 amide bonds. The number of anilines is 1. The van der Waals surface area contributed by atoms with Gasteiger partial charge in [-0.15, -0.1) is 0 Å². The van der Waals surface area contributed by atoms with Crippen LogP contribution in [0.15, 0.2) is 54.7 Å². The fraction of sp³-hybridized carbons (Fsp3) is 0.310. The second-order valence-corrected chi connectivity index (χ2v) is 9.58. The number of pyridine rings is 1. The van der Waals surface area contributed by atoms with Crippen LogP contribution in [-0.2, 0) is 18.3 Å². The van der Waals surface area contributed by atoms with Crippen LogP contribution in [0.5, 0.6) is 5.75 Å². The summed E-state index contributed by atoms with van der Waals surface area (Å²) in [4.78, 5) is 30.7. The van der Waals surface area contributed by atoms with Crippen molar-refractivity contribution >= 4 is 28.4 Å². The molecule has 4 aromatic rings. The molecule has 10 nitrogen and oxygen atoms in total. The summed E-state index contributed by atoms with van der Waals surface area (Å²) in [5.41, 5.74) is 9.13. The molecule has 2 aromatic carbocycles. The number of ether oxygens (including phenoxy) is 1. The number of carbonyl (C=O) groups is 2. The van der Waals surface area contributed by atoms with Gasteiger partial charge >= 0.3 is 0 Å². The molecule has 0 spiro atoms. The van der Waals surface area contributed by atoms with Crippen molar-refractivity contribution in [3.8, 4) is 16.9 Å². The van der Waals surface area contributed by atoms with Crippen LogP contribution in [0.2, 0.25) is 0 Å². The molecule has 1 aliphatic heterocycles. The number of carbonyl (C=O) groups excluding carboxylic acids is 2. The van der Waals surface area contributed by atoms with Gasteiger partial charge in [-0.3, -0.25) is 14.3 Å². The fourth-order valence-electron chi connectivity index (χ4n) is 4.96. The molecule has 1 aliphatic rings. The van der Waals surface area contributed by atoms with Crippen LogP contribution < -0.4 is 26.0 Å². The zero-order valence-corrected chi connectivity index (χ0v) is 22.2. The highest BCUT2D eigenvalue weighted by atomic mass is 16.5. The van der Waals surface area contributed by atoms with Gasteiger partial charge in [0.2, 0.25) is 5.91 Å². The summed E-state index contributed by atoms with van der Waals surface area (Å²) in [6, 6.07) is 16.5. The zero-order valence-electron chi connectivity index (χ0n) is 22.2. The molecule has 10 heteroatoms. The third-order valence-corrected chi connectivity index (χ3v) is 7.07. The highest BCUT2D eigenvalue weighted by molar-refractivity contribution is 6.00. The molecule has 0 aliphatic carbocycles. The number of piperazine rings is 1. The second kappa shape index (κ2) is 11.5. The smallest absolute Gasteiger partial charge is 0.272 e. The zero-order chi connectivity index (χ0) is 27.4. The molecule has 5 rings (SSSR count). The number of nitrogens with two attached hydrogens (primary N) is 1. The van der Waals surface area contributed by atoms with Crippen LogP contribution in [-0.4, -0.2) is 65.9 Å². The molecular weight excluding hydrogens is 494 g/mol. The average molecular weight is 528 g/mol. The van der Waals surface area contributed by atoms with Crippen molar-refractivity contribution in [2.75, 3.05) is 44.2 Å². The first kappa shape index (κ1) is 26.2. The van der Waals surface area contributed by atoms with Crippen molar-refractivity contribution in [2.45, 2.75) is 13.3 Å². The molecule has 0 atom stereocenters. The molecule has 202 valence electrons. The first-order valence-corrected chi connectivity index (χ1v) is 13.1. The Kier molecular flexibility index (Phi) is 7.74. The van der Waals surface area contributed by atoms with Gasteiger partial charge in [-0.05, 0) is 41.5 Å². The van der Waals surface area contributed by atoms with E-state index in [1.54, 1.807) is 11.7 Å². The molecule has 3 heterocycles. The summed E-state index contributed by atoms with van der Waals surface area (Å²) in [6.45, 7) is 5.69. The summed E-state index contributed by atoms with van der Waals surface area (Å²) in [5, 5.41) is 12.5. The molecule has 4 N–H and O–H groups in total. The van der Waals surface area contributed by atoms with E-state index >= 15 is 0 Å². The van der Waals surface area contributed by atoms with E-state index < -0.39 is 11.8 Å². The Bertz CT molecular complexity index is 1510. The number of nitrogens with zero attached hydrogens (tertiary/aromatic N) is 4. The standard InChI is InChI=1S/C29H33N7O3/c1-19-22(28(34-35(19)2)29(38)33-18-25(30)37)10-16-39-24-8-7-20-5-3-4-6-23(20)27(24)21-9-11-32-26(17-21)36-14-12-31-13-15-36/h3-9,11,17,31H,10,12-16,18H2,1-2H3,(H2,30,37)(H,33,38). The summed E-state index contributed by atoms with van der Waals surface area (Å²) >= 11 is 0. The summed E-state index contributed by atoms with van der Waals surface area (Å²) in [5.74, 6) is 0.662. The van der Waals surface area contributed by atoms with E-state index in [1.807, 2.05) is 37.4 Å². The predicted octanol–water partition coefficient (Wildman–Crippen LogP) is 2.19. The monoisotopic (exact) mass is 527 g/mol. The molecule has 0 radical (unpaired) electrons. The minimum Gasteiger partial charge on any atom is -0.493 e. The van der Waals surface area contributed by atoms with Crippen LogP contribution >= 0.6 is 0 Å². The number of primary amides is 1. The molecule has 0 bridgehead atoms. The third-order valence-electron chi connectivity index (χ3n) is 7.07. The number of hydrogen-bond donors (Lipinski definition) is 3. The Morgan fingerprint density at radius 2 is 1.92 bits per heavy atom. The van der Waals surface area contributed by atoms with Gasteiger partial charge in [0.1, 0.15) is 11.6 Å². The minimum absolute atomic E-state index is 0.243. The number of aromatic nitrogens is 3. The van der Waals surface area contributed by atoms with Crippen molar-refractivity contribution in [3.05, 3.63) is 71.7 Å². The lowest BCUT2D eigenvalue weighted by Crippen LogP contribution is -2.43. The van der Waals surface area contributed by atoms with Gasteiger partial charge in [-0.1, -0.05) is 30.3 Å².